The normalized spacial score (nSPS) is 12.0. The minimum absolute atomic E-state index is 0.102. The van der Waals surface area contributed by atoms with Crippen LogP contribution in [0, 0.1) is 12.8 Å². The maximum atomic E-state index is 12.5. The largest absolute Gasteiger partial charge is 0.496 e. The zero-order valence-electron chi connectivity index (χ0n) is 14.6. The van der Waals surface area contributed by atoms with Crippen LogP contribution in [0.2, 0.25) is 0 Å². The van der Waals surface area contributed by atoms with Crippen LogP contribution >= 0.6 is 0 Å². The quantitative estimate of drug-likeness (QED) is 0.856. The zero-order valence-corrected chi connectivity index (χ0v) is 14.6. The van der Waals surface area contributed by atoms with Crippen molar-refractivity contribution in [2.75, 3.05) is 7.11 Å². The Morgan fingerprint density at radius 3 is 2.54 bits per heavy atom. The first-order chi connectivity index (χ1) is 11.4. The zero-order chi connectivity index (χ0) is 17.7. The molecule has 2 rings (SSSR count). The average molecular weight is 328 g/mol. The minimum Gasteiger partial charge on any atom is -0.496 e. The fraction of sp³-hybridized carbons (Fsp3) is 0.368. The molecular formula is C19H24N2O3. The van der Waals surface area contributed by atoms with Gasteiger partial charge in [0.15, 0.2) is 0 Å². The fourth-order valence-corrected chi connectivity index (χ4v) is 2.56. The Labute approximate surface area is 142 Å². The predicted octanol–water partition coefficient (Wildman–Crippen LogP) is 2.69. The highest BCUT2D eigenvalue weighted by Gasteiger charge is 2.20. The Morgan fingerprint density at radius 1 is 1.21 bits per heavy atom. The number of carbonyl (C=O) groups is 1. The second kappa shape index (κ2) is 7.81. The van der Waals surface area contributed by atoms with Crippen molar-refractivity contribution in [3.63, 3.8) is 0 Å². The van der Waals surface area contributed by atoms with E-state index in [0.29, 0.717) is 6.42 Å². The Morgan fingerprint density at radius 2 is 1.92 bits per heavy atom. The molecule has 2 aromatic rings. The van der Waals surface area contributed by atoms with Crippen LogP contribution in [0.15, 0.2) is 41.2 Å². The van der Waals surface area contributed by atoms with Gasteiger partial charge in [-0.15, -0.1) is 0 Å². The maximum Gasteiger partial charge on any atom is 0.260 e. The summed E-state index contributed by atoms with van der Waals surface area (Å²) in [5.74, 6) is 0.652. The van der Waals surface area contributed by atoms with E-state index in [-0.39, 0.29) is 29.0 Å². The smallest absolute Gasteiger partial charge is 0.260 e. The summed E-state index contributed by atoms with van der Waals surface area (Å²) in [5.41, 5.74) is 1.52. The Hall–Kier alpha value is -2.56. The summed E-state index contributed by atoms with van der Waals surface area (Å²) in [6.07, 6.45) is 0.636. The summed E-state index contributed by atoms with van der Waals surface area (Å²) in [7, 11) is 1.63. The van der Waals surface area contributed by atoms with E-state index in [1.54, 1.807) is 26.2 Å². The van der Waals surface area contributed by atoms with Gasteiger partial charge >= 0.3 is 0 Å². The first-order valence-electron chi connectivity index (χ1n) is 8.05. The number of carbonyl (C=O) groups excluding carboxylic acids is 1. The van der Waals surface area contributed by atoms with Crippen molar-refractivity contribution in [2.45, 2.75) is 33.2 Å². The molecule has 0 aliphatic heterocycles. The lowest BCUT2D eigenvalue weighted by Gasteiger charge is -2.23. The maximum absolute atomic E-state index is 12.5. The number of ether oxygens (including phenoxy) is 1. The van der Waals surface area contributed by atoms with Crippen molar-refractivity contribution in [1.82, 2.24) is 10.3 Å². The third-order valence-corrected chi connectivity index (χ3v) is 4.05. The molecule has 2 N–H and O–H groups in total. The molecule has 1 aromatic heterocycles. The van der Waals surface area contributed by atoms with Crippen molar-refractivity contribution in [1.29, 1.82) is 0 Å². The molecule has 0 saturated carbocycles. The number of para-hydroxylation sites is 1. The van der Waals surface area contributed by atoms with Crippen LogP contribution in [0.3, 0.4) is 0 Å². The number of hydrogen-bond acceptors (Lipinski definition) is 3. The van der Waals surface area contributed by atoms with Gasteiger partial charge in [0.2, 0.25) is 0 Å². The molecule has 24 heavy (non-hydrogen) atoms. The molecule has 5 nitrogen and oxygen atoms in total. The van der Waals surface area contributed by atoms with Gasteiger partial charge in [-0.1, -0.05) is 32.0 Å². The number of aryl methyl sites for hydroxylation is 1. The third kappa shape index (κ3) is 4.25. The van der Waals surface area contributed by atoms with Gasteiger partial charge in [0.25, 0.3) is 11.5 Å². The van der Waals surface area contributed by atoms with Crippen LogP contribution in [0.4, 0.5) is 0 Å². The summed E-state index contributed by atoms with van der Waals surface area (Å²) in [5, 5.41) is 2.98. The molecule has 0 unspecified atom stereocenters. The number of pyridine rings is 1. The summed E-state index contributed by atoms with van der Waals surface area (Å²) in [4.78, 5) is 27.1. The first kappa shape index (κ1) is 17.8. The molecule has 0 fully saturated rings. The number of methoxy groups -OCH3 is 1. The van der Waals surface area contributed by atoms with E-state index in [2.05, 4.69) is 10.3 Å². The van der Waals surface area contributed by atoms with E-state index in [1.165, 1.54) is 0 Å². The summed E-state index contributed by atoms with van der Waals surface area (Å²) >= 11 is 0. The lowest BCUT2D eigenvalue weighted by molar-refractivity contribution is 0.0924. The number of H-pyrrole nitrogens is 1. The molecule has 1 amide bonds. The van der Waals surface area contributed by atoms with Gasteiger partial charge in [-0.2, -0.15) is 0 Å². The predicted molar refractivity (Wildman–Crippen MR) is 94.6 cm³/mol. The molecule has 1 heterocycles. The van der Waals surface area contributed by atoms with Crippen molar-refractivity contribution >= 4 is 5.91 Å². The Kier molecular flexibility index (Phi) is 5.79. The SMILES string of the molecule is COc1ccccc1C[C@H](NC(=O)c1ccc(C)[nH]c1=O)C(C)C. The summed E-state index contributed by atoms with van der Waals surface area (Å²) < 4.78 is 5.38. The van der Waals surface area contributed by atoms with E-state index in [4.69, 9.17) is 4.74 Å². The summed E-state index contributed by atoms with van der Waals surface area (Å²) in [6, 6.07) is 10.9. The number of amides is 1. The van der Waals surface area contributed by atoms with Crippen LogP contribution in [0.1, 0.15) is 35.5 Å². The number of benzene rings is 1. The molecule has 0 saturated heterocycles. The Balaban J connectivity index is 2.19. The van der Waals surface area contributed by atoms with E-state index in [9.17, 15) is 9.59 Å². The van der Waals surface area contributed by atoms with E-state index < -0.39 is 0 Å². The molecule has 0 spiro atoms. The van der Waals surface area contributed by atoms with Crippen molar-refractivity contribution in [2.24, 2.45) is 5.92 Å². The standard InChI is InChI=1S/C19H24N2O3/c1-12(2)16(11-14-7-5-6-8-17(14)24-4)21-19(23)15-10-9-13(3)20-18(15)22/h5-10,12,16H,11H2,1-4H3,(H,20,22)(H,21,23)/t16-/m0/s1. The van der Waals surface area contributed by atoms with Gasteiger partial charge in [0.1, 0.15) is 11.3 Å². The molecule has 0 aliphatic rings. The number of hydrogen-bond donors (Lipinski definition) is 2. The van der Waals surface area contributed by atoms with Gasteiger partial charge in [-0.25, -0.2) is 0 Å². The molecule has 128 valence electrons. The first-order valence-corrected chi connectivity index (χ1v) is 8.05. The fourth-order valence-electron chi connectivity index (χ4n) is 2.56. The number of rotatable bonds is 6. The molecule has 0 bridgehead atoms. The highest BCUT2D eigenvalue weighted by atomic mass is 16.5. The van der Waals surface area contributed by atoms with Crippen LogP contribution in [0.25, 0.3) is 0 Å². The highest BCUT2D eigenvalue weighted by Crippen LogP contribution is 2.21. The highest BCUT2D eigenvalue weighted by molar-refractivity contribution is 5.94. The molecular weight excluding hydrogens is 304 g/mol. The van der Waals surface area contributed by atoms with Crippen LogP contribution in [-0.2, 0) is 6.42 Å². The van der Waals surface area contributed by atoms with Crippen molar-refractivity contribution < 1.29 is 9.53 Å². The minimum atomic E-state index is -0.368. The molecule has 0 aliphatic carbocycles. The lowest BCUT2D eigenvalue weighted by Crippen LogP contribution is -2.42. The second-order valence-corrected chi connectivity index (χ2v) is 6.22. The number of nitrogens with one attached hydrogen (secondary N) is 2. The lowest BCUT2D eigenvalue weighted by atomic mass is 9.95. The van der Waals surface area contributed by atoms with E-state index >= 15 is 0 Å². The third-order valence-electron chi connectivity index (χ3n) is 4.05. The van der Waals surface area contributed by atoms with E-state index in [1.807, 2.05) is 38.1 Å². The van der Waals surface area contributed by atoms with Gasteiger partial charge in [0.05, 0.1) is 7.11 Å². The number of aromatic amines is 1. The average Bonchev–Trinajstić information content (AvgIpc) is 2.54. The molecule has 5 heteroatoms. The van der Waals surface area contributed by atoms with Crippen molar-refractivity contribution in [3.8, 4) is 5.75 Å². The summed E-state index contributed by atoms with van der Waals surface area (Å²) in [6.45, 7) is 5.86. The van der Waals surface area contributed by atoms with E-state index in [0.717, 1.165) is 17.0 Å². The van der Waals surface area contributed by atoms with Gasteiger partial charge in [-0.05, 0) is 43.0 Å². The Bertz CT molecular complexity index is 765. The van der Waals surface area contributed by atoms with Crippen LogP contribution in [0.5, 0.6) is 5.75 Å². The molecule has 0 radical (unpaired) electrons. The monoisotopic (exact) mass is 328 g/mol. The van der Waals surface area contributed by atoms with Crippen molar-refractivity contribution in [3.05, 3.63) is 63.6 Å². The number of aromatic nitrogens is 1. The molecule has 1 atom stereocenters. The van der Waals surface area contributed by atoms with Crippen LogP contribution < -0.4 is 15.6 Å². The van der Waals surface area contributed by atoms with Gasteiger partial charge < -0.3 is 15.0 Å². The van der Waals surface area contributed by atoms with Crippen LogP contribution in [-0.4, -0.2) is 24.0 Å². The van der Waals surface area contributed by atoms with Gasteiger partial charge in [0, 0.05) is 11.7 Å². The second-order valence-electron chi connectivity index (χ2n) is 6.22. The topological polar surface area (TPSA) is 71.2 Å². The van der Waals surface area contributed by atoms with Gasteiger partial charge in [-0.3, -0.25) is 9.59 Å². The molecule has 1 aromatic carbocycles.